The number of piperidine rings is 1. The van der Waals surface area contributed by atoms with Crippen LogP contribution in [-0.2, 0) is 4.74 Å². The van der Waals surface area contributed by atoms with E-state index in [0.717, 1.165) is 94.4 Å². The second-order valence-corrected chi connectivity index (χ2v) is 10.6. The molecule has 0 bridgehead atoms. The number of nitrogens with one attached hydrogen (secondary N) is 2. The fraction of sp³-hybridized carbons (Fsp3) is 0.433. The van der Waals surface area contributed by atoms with E-state index in [1.807, 2.05) is 23.1 Å². The average molecular weight is 530 g/mol. The van der Waals surface area contributed by atoms with Crippen LogP contribution in [-0.4, -0.2) is 82.6 Å². The predicted molar refractivity (Wildman–Crippen MR) is 151 cm³/mol. The lowest BCUT2D eigenvalue weighted by atomic mass is 10.0. The van der Waals surface area contributed by atoms with Crippen LogP contribution >= 0.6 is 0 Å². The molecule has 0 spiro atoms. The van der Waals surface area contributed by atoms with Crippen LogP contribution in [0.4, 0.5) is 10.2 Å². The van der Waals surface area contributed by atoms with Crippen molar-refractivity contribution in [3.8, 4) is 11.4 Å². The van der Waals surface area contributed by atoms with E-state index in [2.05, 4.69) is 31.9 Å². The molecule has 3 aromatic rings. The summed E-state index contributed by atoms with van der Waals surface area (Å²) in [6, 6.07) is 13.5. The van der Waals surface area contributed by atoms with Crippen LogP contribution in [0.5, 0.6) is 0 Å². The van der Waals surface area contributed by atoms with Crippen molar-refractivity contribution in [3.05, 3.63) is 71.9 Å². The number of H-pyrrole nitrogens is 1. The van der Waals surface area contributed by atoms with E-state index < -0.39 is 0 Å². The van der Waals surface area contributed by atoms with Crippen molar-refractivity contribution in [2.75, 3.05) is 50.8 Å². The Morgan fingerprint density at radius 3 is 2.67 bits per heavy atom. The Morgan fingerprint density at radius 2 is 1.85 bits per heavy atom. The lowest BCUT2D eigenvalue weighted by Gasteiger charge is -2.40. The zero-order valence-electron chi connectivity index (χ0n) is 22.2. The zero-order chi connectivity index (χ0) is 26.6. The summed E-state index contributed by atoms with van der Waals surface area (Å²) in [5.74, 6) is 1.84. The zero-order valence-corrected chi connectivity index (χ0v) is 22.2. The third-order valence-corrected chi connectivity index (χ3v) is 8.15. The average Bonchev–Trinajstić information content (AvgIpc) is 3.67. The molecule has 0 radical (unpaired) electrons. The normalized spacial score (nSPS) is 21.2. The molecule has 1 aromatic carbocycles. The van der Waals surface area contributed by atoms with Gasteiger partial charge in [0.25, 0.3) is 0 Å². The smallest absolute Gasteiger partial charge is 0.130 e. The number of hydrogen-bond donors (Lipinski definition) is 2. The summed E-state index contributed by atoms with van der Waals surface area (Å²) >= 11 is 0. The van der Waals surface area contributed by atoms with Crippen LogP contribution in [0.25, 0.3) is 17.5 Å². The molecule has 6 rings (SSSR count). The van der Waals surface area contributed by atoms with Gasteiger partial charge in [-0.25, -0.2) is 14.4 Å². The lowest BCUT2D eigenvalue weighted by Crippen LogP contribution is -2.49. The molecule has 5 heterocycles. The number of ether oxygens (including phenoxy) is 1. The number of benzene rings is 1. The Morgan fingerprint density at radius 1 is 1.03 bits per heavy atom. The highest BCUT2D eigenvalue weighted by Gasteiger charge is 2.28. The van der Waals surface area contributed by atoms with Crippen LogP contribution in [0.1, 0.15) is 43.1 Å². The first-order chi connectivity index (χ1) is 19.1. The summed E-state index contributed by atoms with van der Waals surface area (Å²) in [6.45, 7) is 6.57. The Labute approximate surface area is 229 Å². The second kappa shape index (κ2) is 11.7. The van der Waals surface area contributed by atoms with Crippen LogP contribution in [0.2, 0.25) is 0 Å². The third kappa shape index (κ3) is 5.89. The molecule has 204 valence electrons. The van der Waals surface area contributed by atoms with Crippen LogP contribution in [0.15, 0.2) is 54.7 Å². The van der Waals surface area contributed by atoms with E-state index in [0.29, 0.717) is 17.7 Å². The number of aromatic amines is 1. The Hall–Kier alpha value is -3.56. The SMILES string of the molecule is N=C(C=Cc1ncc(-c2cccc(N3CCC(N4CCOCC4)CC3)n2)[nH]1)N1CCCC1c1cccc(F)c1. The molecule has 9 heteroatoms. The van der Waals surface area contributed by atoms with Gasteiger partial charge in [-0.1, -0.05) is 18.2 Å². The molecule has 3 aliphatic heterocycles. The highest BCUT2D eigenvalue weighted by atomic mass is 19.1. The van der Waals surface area contributed by atoms with Crippen molar-refractivity contribution in [3.63, 3.8) is 0 Å². The molecule has 3 aliphatic rings. The van der Waals surface area contributed by atoms with Gasteiger partial charge < -0.3 is 19.5 Å². The number of pyridine rings is 1. The summed E-state index contributed by atoms with van der Waals surface area (Å²) in [5.41, 5.74) is 2.63. The summed E-state index contributed by atoms with van der Waals surface area (Å²) in [4.78, 5) is 19.8. The van der Waals surface area contributed by atoms with E-state index in [9.17, 15) is 4.39 Å². The molecule has 1 unspecified atom stereocenters. The van der Waals surface area contributed by atoms with Crippen molar-refractivity contribution >= 4 is 17.7 Å². The fourth-order valence-electron chi connectivity index (χ4n) is 6.07. The van der Waals surface area contributed by atoms with E-state index >= 15 is 0 Å². The van der Waals surface area contributed by atoms with Crippen LogP contribution < -0.4 is 4.90 Å². The van der Waals surface area contributed by atoms with Crippen molar-refractivity contribution in [2.45, 2.75) is 37.8 Å². The van der Waals surface area contributed by atoms with Crippen molar-refractivity contribution in [1.82, 2.24) is 24.8 Å². The number of morpholine rings is 1. The molecular weight excluding hydrogens is 493 g/mol. The van der Waals surface area contributed by atoms with Crippen LogP contribution in [0.3, 0.4) is 0 Å². The van der Waals surface area contributed by atoms with Gasteiger partial charge >= 0.3 is 0 Å². The van der Waals surface area contributed by atoms with Gasteiger partial charge in [-0.2, -0.15) is 0 Å². The lowest BCUT2D eigenvalue weighted by molar-refractivity contribution is 0.0115. The molecule has 0 amide bonds. The minimum Gasteiger partial charge on any atom is -0.379 e. The highest BCUT2D eigenvalue weighted by molar-refractivity contribution is 5.94. The molecule has 8 nitrogen and oxygen atoms in total. The van der Waals surface area contributed by atoms with E-state index in [-0.39, 0.29) is 11.9 Å². The first kappa shape index (κ1) is 25.7. The van der Waals surface area contributed by atoms with Gasteiger partial charge in [0.05, 0.1) is 36.8 Å². The number of anilines is 1. The number of hydrogen-bond acceptors (Lipinski definition) is 6. The summed E-state index contributed by atoms with van der Waals surface area (Å²) in [5, 5.41) is 8.64. The molecule has 1 atom stereocenters. The van der Waals surface area contributed by atoms with Gasteiger partial charge in [0.2, 0.25) is 0 Å². The summed E-state index contributed by atoms with van der Waals surface area (Å²) in [7, 11) is 0. The van der Waals surface area contributed by atoms with Gasteiger partial charge in [0.15, 0.2) is 0 Å². The number of nitrogens with zero attached hydrogens (tertiary/aromatic N) is 5. The molecule has 2 aromatic heterocycles. The molecule has 39 heavy (non-hydrogen) atoms. The summed E-state index contributed by atoms with van der Waals surface area (Å²) in [6.07, 6.45) is 9.58. The summed E-state index contributed by atoms with van der Waals surface area (Å²) < 4.78 is 19.3. The van der Waals surface area contributed by atoms with Gasteiger partial charge in [0.1, 0.15) is 23.3 Å². The van der Waals surface area contributed by atoms with Crippen molar-refractivity contribution in [1.29, 1.82) is 5.41 Å². The molecule has 0 aliphatic carbocycles. The molecular formula is C30H36FN7O. The van der Waals surface area contributed by atoms with Gasteiger partial charge in [-0.05, 0) is 67.7 Å². The minimum atomic E-state index is -0.236. The quantitative estimate of drug-likeness (QED) is 0.355. The highest BCUT2D eigenvalue weighted by Crippen LogP contribution is 2.32. The number of aromatic nitrogens is 3. The van der Waals surface area contributed by atoms with Gasteiger partial charge in [-0.3, -0.25) is 10.3 Å². The van der Waals surface area contributed by atoms with Crippen LogP contribution in [0, 0.1) is 11.2 Å². The topological polar surface area (TPSA) is 84.4 Å². The van der Waals surface area contributed by atoms with E-state index in [1.165, 1.54) is 6.07 Å². The van der Waals surface area contributed by atoms with Gasteiger partial charge in [0, 0.05) is 38.8 Å². The Bertz CT molecular complexity index is 1310. The molecule has 0 saturated carbocycles. The second-order valence-electron chi connectivity index (χ2n) is 10.6. The minimum absolute atomic E-state index is 0.0240. The van der Waals surface area contributed by atoms with E-state index in [4.69, 9.17) is 15.1 Å². The first-order valence-electron chi connectivity index (χ1n) is 14.0. The Balaban J connectivity index is 1.08. The maximum atomic E-state index is 13.8. The number of likely N-dealkylation sites (tertiary alicyclic amines) is 1. The predicted octanol–water partition coefficient (Wildman–Crippen LogP) is 4.74. The molecule has 3 saturated heterocycles. The standard InChI is InChI=1S/C30H36FN7O/c31-23-5-1-4-22(20-23)27-7-3-13-38(27)28(32)9-10-29-33-21-26(34-29)25-6-2-8-30(35-25)37-14-11-24(12-15-37)36-16-18-39-19-17-36/h1-2,4-6,8-10,20-21,24,27,32H,3,7,11-19H2,(H,33,34). The monoisotopic (exact) mass is 529 g/mol. The van der Waals surface area contributed by atoms with Crippen molar-refractivity contribution in [2.24, 2.45) is 0 Å². The number of rotatable bonds is 6. The fourth-order valence-corrected chi connectivity index (χ4v) is 6.07. The largest absolute Gasteiger partial charge is 0.379 e. The first-order valence-corrected chi connectivity index (χ1v) is 14.0. The maximum absolute atomic E-state index is 13.8. The maximum Gasteiger partial charge on any atom is 0.130 e. The number of halogens is 1. The third-order valence-electron chi connectivity index (χ3n) is 8.15. The Kier molecular flexibility index (Phi) is 7.69. The van der Waals surface area contributed by atoms with Crippen molar-refractivity contribution < 1.29 is 9.13 Å². The molecule has 2 N–H and O–H groups in total. The number of imidazole rings is 1. The van der Waals surface area contributed by atoms with Gasteiger partial charge in [-0.15, -0.1) is 0 Å². The molecule has 3 fully saturated rings. The van der Waals surface area contributed by atoms with E-state index in [1.54, 1.807) is 24.4 Å². The number of amidine groups is 1.